The molecule has 1 unspecified atom stereocenters. The molecule has 11 amide bonds. The van der Waals surface area contributed by atoms with Crippen LogP contribution in [0.5, 0.6) is 0 Å². The van der Waals surface area contributed by atoms with E-state index in [0.717, 1.165) is 22.4 Å². The molecule has 0 aliphatic carbocycles. The Balaban J connectivity index is 0.829. The molecule has 6 N–H and O–H groups in total. The fraction of sp³-hybridized carbons (Fsp3) is 0.386. The average molecular weight is 1080 g/mol. The lowest BCUT2D eigenvalue weighted by molar-refractivity contribution is -0.137. The van der Waals surface area contributed by atoms with Gasteiger partial charge in [-0.1, -0.05) is 44.5 Å². The van der Waals surface area contributed by atoms with Crippen LogP contribution in [0.4, 0.5) is 10.5 Å². The molecule has 22 heteroatoms. The van der Waals surface area contributed by atoms with E-state index in [2.05, 4.69) is 31.2 Å². The van der Waals surface area contributed by atoms with Gasteiger partial charge in [-0.3, -0.25) is 57.9 Å². The van der Waals surface area contributed by atoms with Crippen molar-refractivity contribution >= 4 is 86.4 Å². The second kappa shape index (κ2) is 25.2. The van der Waals surface area contributed by atoms with Crippen LogP contribution in [0, 0.1) is 5.92 Å². The number of hydrogen-bond acceptors (Lipinski definition) is 13. The number of likely N-dealkylation sites (N-methyl/N-ethyl adjacent to an activating group) is 2. The first-order chi connectivity index (χ1) is 37.9. The SMILES string of the molecule is CC(C)C(NC(=O)CCCCCN1C(=O)C=CC1=O)C(=O)N[C@@H](CCCNC(N)=O)C(=O)Nc1ccc2c3c(cccc13)C(=O)N(CCN(C)CCCN(C)CCN1C(=O)c3cccc4c(-n5ccnc5)ccc(c34)C1=O)C2=O. The van der Waals surface area contributed by atoms with Crippen LogP contribution < -0.4 is 27.0 Å². The molecule has 8 rings (SSSR count). The highest BCUT2D eigenvalue weighted by Gasteiger charge is 2.36. The molecule has 3 aliphatic rings. The van der Waals surface area contributed by atoms with E-state index in [1.807, 2.05) is 48.0 Å². The van der Waals surface area contributed by atoms with Gasteiger partial charge >= 0.3 is 6.03 Å². The predicted octanol–water partition coefficient (Wildman–Crippen LogP) is 3.82. The smallest absolute Gasteiger partial charge is 0.312 e. The van der Waals surface area contributed by atoms with Crippen LogP contribution in [0.2, 0.25) is 0 Å². The number of nitrogens with two attached hydrogens (primary N) is 1. The molecule has 22 nitrogen and oxygen atoms in total. The molecule has 0 bridgehead atoms. The first-order valence-corrected chi connectivity index (χ1v) is 26.6. The third-order valence-electron chi connectivity index (χ3n) is 14.5. The molecule has 3 aliphatic heterocycles. The minimum absolute atomic E-state index is 0.0683. The summed E-state index contributed by atoms with van der Waals surface area (Å²) < 4.78 is 1.85. The Morgan fingerprint density at radius 1 is 0.620 bits per heavy atom. The highest BCUT2D eigenvalue weighted by atomic mass is 16.2. The zero-order chi connectivity index (χ0) is 56.5. The van der Waals surface area contributed by atoms with Crippen LogP contribution in [-0.4, -0.2) is 172 Å². The molecule has 4 aromatic carbocycles. The van der Waals surface area contributed by atoms with Crippen LogP contribution in [0.3, 0.4) is 0 Å². The Morgan fingerprint density at radius 3 is 1.78 bits per heavy atom. The largest absolute Gasteiger partial charge is 0.352 e. The van der Waals surface area contributed by atoms with Gasteiger partial charge in [-0.05, 0) is 102 Å². The molecular formula is C57H66N12O10. The second-order valence-corrected chi connectivity index (χ2v) is 20.4. The van der Waals surface area contributed by atoms with Crippen molar-refractivity contribution in [3.8, 4) is 5.69 Å². The summed E-state index contributed by atoms with van der Waals surface area (Å²) >= 11 is 0. The highest BCUT2D eigenvalue weighted by molar-refractivity contribution is 6.28. The Labute approximate surface area is 456 Å². The minimum atomic E-state index is -1.15. The number of primary amides is 1. The molecule has 414 valence electrons. The molecule has 0 radical (unpaired) electrons. The number of urea groups is 1. The molecule has 4 heterocycles. The normalized spacial score (nSPS) is 14.8. The summed E-state index contributed by atoms with van der Waals surface area (Å²) in [6.07, 6.45) is 10.3. The maximum atomic E-state index is 14.1. The molecule has 2 atom stereocenters. The van der Waals surface area contributed by atoms with Gasteiger partial charge in [-0.2, -0.15) is 0 Å². The van der Waals surface area contributed by atoms with Crippen LogP contribution in [-0.2, 0) is 24.0 Å². The summed E-state index contributed by atoms with van der Waals surface area (Å²) in [5.74, 6) is -4.36. The summed E-state index contributed by atoms with van der Waals surface area (Å²) in [5.41, 5.74) is 7.90. The van der Waals surface area contributed by atoms with E-state index in [4.69, 9.17) is 5.73 Å². The number of unbranched alkanes of at least 4 members (excludes halogenated alkanes) is 2. The number of aromatic nitrogens is 2. The molecule has 1 aromatic heterocycles. The summed E-state index contributed by atoms with van der Waals surface area (Å²) in [6, 6.07) is 14.3. The van der Waals surface area contributed by atoms with E-state index in [0.29, 0.717) is 78.4 Å². The first kappa shape index (κ1) is 56.6. The second-order valence-electron chi connectivity index (χ2n) is 20.4. The molecular weight excluding hydrogens is 1010 g/mol. The van der Waals surface area contributed by atoms with Gasteiger partial charge in [0.1, 0.15) is 12.1 Å². The van der Waals surface area contributed by atoms with Gasteiger partial charge in [0.05, 0.1) is 12.0 Å². The van der Waals surface area contributed by atoms with Crippen molar-refractivity contribution < 1.29 is 47.9 Å². The van der Waals surface area contributed by atoms with Gasteiger partial charge in [0.15, 0.2) is 0 Å². The number of imide groups is 3. The van der Waals surface area contributed by atoms with Crippen LogP contribution >= 0.6 is 0 Å². The number of nitrogens with one attached hydrogen (secondary N) is 4. The Hall–Kier alpha value is -8.63. The third-order valence-corrected chi connectivity index (χ3v) is 14.5. The van der Waals surface area contributed by atoms with Gasteiger partial charge in [0.2, 0.25) is 17.7 Å². The Kier molecular flexibility index (Phi) is 18.1. The van der Waals surface area contributed by atoms with Gasteiger partial charge in [-0.25, -0.2) is 9.78 Å². The van der Waals surface area contributed by atoms with Crippen molar-refractivity contribution in [2.24, 2.45) is 11.7 Å². The van der Waals surface area contributed by atoms with E-state index < -0.39 is 41.7 Å². The number of benzene rings is 4. The van der Waals surface area contributed by atoms with E-state index in [1.165, 1.54) is 22.0 Å². The number of rotatable bonds is 27. The maximum absolute atomic E-state index is 14.1. The molecule has 5 aromatic rings. The zero-order valence-electron chi connectivity index (χ0n) is 44.8. The van der Waals surface area contributed by atoms with Crippen molar-refractivity contribution in [1.82, 2.24) is 50.0 Å². The number of imidazole rings is 1. The lowest BCUT2D eigenvalue weighted by Gasteiger charge is -2.30. The molecule has 0 fully saturated rings. The van der Waals surface area contributed by atoms with Crippen molar-refractivity contribution in [1.29, 1.82) is 0 Å². The molecule has 0 spiro atoms. The third kappa shape index (κ3) is 12.9. The van der Waals surface area contributed by atoms with Crippen molar-refractivity contribution in [2.45, 2.75) is 70.9 Å². The van der Waals surface area contributed by atoms with Crippen molar-refractivity contribution in [2.75, 3.05) is 71.8 Å². The average Bonchev–Trinajstić information content (AvgIpc) is 4.24. The summed E-state index contributed by atoms with van der Waals surface area (Å²) in [5, 5.41) is 13.2. The monoisotopic (exact) mass is 1080 g/mol. The number of carbonyl (C=O) groups is 10. The summed E-state index contributed by atoms with van der Waals surface area (Å²) in [7, 11) is 3.84. The van der Waals surface area contributed by atoms with Gasteiger partial charge < -0.3 is 41.4 Å². The standard InChI is InChI=1S/C57H66N12O10/c1-35(2)50(63-45(70)17-6-5-7-28-67-46(71)22-23-47(67)72)52(74)62-43(16-10-24-60-57(58)79)51(73)61-42-20-18-40-48-36(42)12-8-14-38(48)53(75)68(55(40)77)32-30-64(3)26-11-27-65(4)31-33-69-54(76)39-15-9-13-37-44(66-29-25-59-34-66)21-19-41(49(37)39)56(69)78/h8-9,12-15,18-23,25,29,34-35,43,50H,5-7,10-11,16-17,24,26-28,30-33H2,1-4H3,(H,61,73)(H,62,74)(H,63,70)(H3,58,60,79)/t43-,50?/m0/s1. The van der Waals surface area contributed by atoms with Crippen LogP contribution in [0.25, 0.3) is 27.2 Å². The molecule has 0 saturated carbocycles. The number of amides is 11. The van der Waals surface area contributed by atoms with E-state index in [9.17, 15) is 47.9 Å². The van der Waals surface area contributed by atoms with Crippen molar-refractivity contribution in [3.63, 3.8) is 0 Å². The highest BCUT2D eigenvalue weighted by Crippen LogP contribution is 2.36. The Morgan fingerprint density at radius 2 is 1.20 bits per heavy atom. The van der Waals surface area contributed by atoms with E-state index in [-0.39, 0.29) is 92.0 Å². The number of nitrogens with zero attached hydrogens (tertiary/aromatic N) is 7. The molecule has 0 saturated heterocycles. The zero-order valence-corrected chi connectivity index (χ0v) is 44.8. The fourth-order valence-electron chi connectivity index (χ4n) is 10.2. The van der Waals surface area contributed by atoms with E-state index >= 15 is 0 Å². The summed E-state index contributed by atoms with van der Waals surface area (Å²) in [4.78, 5) is 144. The van der Waals surface area contributed by atoms with Gasteiger partial charge in [0, 0.05) is 120 Å². The van der Waals surface area contributed by atoms with Gasteiger partial charge in [-0.15, -0.1) is 0 Å². The maximum Gasteiger partial charge on any atom is 0.312 e. The number of hydrogen-bond donors (Lipinski definition) is 5. The van der Waals surface area contributed by atoms with Crippen molar-refractivity contribution in [3.05, 3.63) is 114 Å². The van der Waals surface area contributed by atoms with Gasteiger partial charge in [0.25, 0.3) is 35.4 Å². The number of anilines is 1. The first-order valence-electron chi connectivity index (χ1n) is 26.6. The molecule has 79 heavy (non-hydrogen) atoms. The fourth-order valence-corrected chi connectivity index (χ4v) is 10.2. The lowest BCUT2D eigenvalue weighted by Crippen LogP contribution is -2.54. The number of carbonyl (C=O) groups excluding carboxylic acids is 10. The lowest BCUT2D eigenvalue weighted by atomic mass is 9.93. The predicted molar refractivity (Wildman–Crippen MR) is 294 cm³/mol. The Bertz CT molecular complexity index is 3180. The van der Waals surface area contributed by atoms with Crippen LogP contribution in [0.1, 0.15) is 100 Å². The summed E-state index contributed by atoms with van der Waals surface area (Å²) in [6.45, 7) is 6.32. The quantitative estimate of drug-likeness (QED) is 0.0370. The minimum Gasteiger partial charge on any atom is -0.352 e. The van der Waals surface area contributed by atoms with Crippen LogP contribution in [0.15, 0.2) is 91.5 Å². The topological polar surface area (TPSA) is 279 Å². The van der Waals surface area contributed by atoms with E-state index in [1.54, 1.807) is 68.8 Å².